The van der Waals surface area contributed by atoms with E-state index in [9.17, 15) is 14.4 Å². The zero-order valence-electron chi connectivity index (χ0n) is 15.5. The quantitative estimate of drug-likeness (QED) is 0.824. The Bertz CT molecular complexity index is 742. The molecule has 3 fully saturated rings. The second kappa shape index (κ2) is 7.21. The lowest BCUT2D eigenvalue weighted by Gasteiger charge is -2.33. The van der Waals surface area contributed by atoms with Crippen molar-refractivity contribution in [1.82, 2.24) is 10.2 Å². The number of rotatable bonds is 4. The highest BCUT2D eigenvalue weighted by Gasteiger charge is 2.48. The molecular weight excluding hydrogens is 346 g/mol. The van der Waals surface area contributed by atoms with E-state index in [1.807, 2.05) is 0 Å². The Kier molecular flexibility index (Phi) is 4.76. The van der Waals surface area contributed by atoms with Crippen LogP contribution in [0.2, 0.25) is 0 Å². The Morgan fingerprint density at radius 2 is 1.81 bits per heavy atom. The van der Waals surface area contributed by atoms with E-state index in [4.69, 9.17) is 4.74 Å². The predicted molar refractivity (Wildman–Crippen MR) is 99.5 cm³/mol. The van der Waals surface area contributed by atoms with Gasteiger partial charge in [0.1, 0.15) is 11.8 Å². The van der Waals surface area contributed by atoms with E-state index >= 15 is 0 Å². The third kappa shape index (κ3) is 3.26. The summed E-state index contributed by atoms with van der Waals surface area (Å²) < 4.78 is 5.13. The molecule has 1 saturated carbocycles. The molecule has 0 radical (unpaired) electrons. The van der Waals surface area contributed by atoms with Crippen LogP contribution in [0, 0.1) is 5.92 Å². The minimum absolute atomic E-state index is 0.0492. The van der Waals surface area contributed by atoms with E-state index in [1.165, 1.54) is 4.90 Å². The van der Waals surface area contributed by atoms with E-state index in [-0.39, 0.29) is 29.8 Å². The van der Waals surface area contributed by atoms with Crippen LogP contribution in [0.15, 0.2) is 24.3 Å². The summed E-state index contributed by atoms with van der Waals surface area (Å²) in [5, 5.41) is 3.11. The summed E-state index contributed by atoms with van der Waals surface area (Å²) in [4.78, 5) is 40.9. The molecule has 0 aromatic heterocycles. The maximum atomic E-state index is 12.9. The van der Waals surface area contributed by atoms with Gasteiger partial charge in [0.25, 0.3) is 5.91 Å². The van der Waals surface area contributed by atoms with Crippen molar-refractivity contribution in [3.05, 3.63) is 24.3 Å². The molecule has 144 valence electrons. The fourth-order valence-electron chi connectivity index (χ4n) is 4.41. The first-order valence-electron chi connectivity index (χ1n) is 9.67. The van der Waals surface area contributed by atoms with Crippen LogP contribution in [0.1, 0.15) is 38.5 Å². The molecule has 2 aliphatic heterocycles. The Labute approximate surface area is 158 Å². The number of anilines is 1. The Morgan fingerprint density at radius 3 is 2.48 bits per heavy atom. The Balaban J connectivity index is 1.44. The molecule has 0 bridgehead atoms. The number of benzene rings is 1. The molecule has 1 N–H and O–H groups in total. The first kappa shape index (κ1) is 17.8. The van der Waals surface area contributed by atoms with Gasteiger partial charge in [0, 0.05) is 18.5 Å². The van der Waals surface area contributed by atoms with E-state index in [0.717, 1.165) is 25.7 Å². The molecule has 1 aliphatic carbocycles. The van der Waals surface area contributed by atoms with Crippen molar-refractivity contribution in [2.75, 3.05) is 18.6 Å². The van der Waals surface area contributed by atoms with Crippen molar-refractivity contribution < 1.29 is 19.1 Å². The molecule has 4 amide bonds. The SMILES string of the molecule is COc1ccc(N2C(=O)[C@@H]3C[C@@H](NC(=O)C4CCCC4)CCN3C2=O)cc1. The van der Waals surface area contributed by atoms with Gasteiger partial charge in [0.2, 0.25) is 5.91 Å². The maximum Gasteiger partial charge on any atom is 0.332 e. The van der Waals surface area contributed by atoms with Gasteiger partial charge in [-0.25, -0.2) is 9.69 Å². The number of carbonyl (C=O) groups excluding carboxylic acids is 3. The lowest BCUT2D eigenvalue weighted by atomic mass is 9.96. The summed E-state index contributed by atoms with van der Waals surface area (Å²) in [7, 11) is 1.57. The van der Waals surface area contributed by atoms with Crippen molar-refractivity contribution in [3.63, 3.8) is 0 Å². The number of nitrogens with one attached hydrogen (secondary N) is 1. The largest absolute Gasteiger partial charge is 0.497 e. The summed E-state index contributed by atoms with van der Waals surface area (Å²) in [5.74, 6) is 0.671. The van der Waals surface area contributed by atoms with Gasteiger partial charge in [0.05, 0.1) is 12.8 Å². The molecule has 4 rings (SSSR count). The van der Waals surface area contributed by atoms with E-state index in [0.29, 0.717) is 30.8 Å². The van der Waals surface area contributed by atoms with Crippen molar-refractivity contribution in [2.24, 2.45) is 5.92 Å². The molecule has 2 heterocycles. The summed E-state index contributed by atoms with van der Waals surface area (Å²) in [6.07, 6.45) is 5.31. The number of methoxy groups -OCH3 is 1. The molecular formula is C20H25N3O4. The highest BCUT2D eigenvalue weighted by Crippen LogP contribution is 2.32. The molecule has 2 atom stereocenters. The molecule has 1 aromatic carbocycles. The van der Waals surface area contributed by atoms with Crippen molar-refractivity contribution >= 4 is 23.5 Å². The van der Waals surface area contributed by atoms with Crippen LogP contribution in [0.4, 0.5) is 10.5 Å². The minimum atomic E-state index is -0.498. The Morgan fingerprint density at radius 1 is 1.11 bits per heavy atom. The molecule has 0 spiro atoms. The molecule has 0 unspecified atom stereocenters. The topological polar surface area (TPSA) is 79.0 Å². The van der Waals surface area contributed by atoms with Crippen LogP contribution in [-0.4, -0.2) is 48.5 Å². The number of carbonyl (C=O) groups is 3. The fraction of sp³-hybridized carbons (Fsp3) is 0.550. The van der Waals surface area contributed by atoms with E-state index in [2.05, 4.69) is 5.32 Å². The molecule has 3 aliphatic rings. The third-order valence-corrected chi connectivity index (χ3v) is 5.95. The first-order chi connectivity index (χ1) is 13.1. The van der Waals surface area contributed by atoms with Gasteiger partial charge in [0.15, 0.2) is 0 Å². The number of piperidine rings is 1. The maximum absolute atomic E-state index is 12.9. The zero-order chi connectivity index (χ0) is 19.0. The first-order valence-corrected chi connectivity index (χ1v) is 9.67. The van der Waals surface area contributed by atoms with Gasteiger partial charge >= 0.3 is 6.03 Å². The average molecular weight is 371 g/mol. The summed E-state index contributed by atoms with van der Waals surface area (Å²) in [5.41, 5.74) is 0.548. The van der Waals surface area contributed by atoms with Gasteiger partial charge in [-0.05, 0) is 49.9 Å². The number of nitrogens with zero attached hydrogens (tertiary/aromatic N) is 2. The number of hydrogen-bond acceptors (Lipinski definition) is 4. The minimum Gasteiger partial charge on any atom is -0.497 e. The number of ether oxygens (including phenoxy) is 1. The second-order valence-electron chi connectivity index (χ2n) is 7.57. The highest BCUT2D eigenvalue weighted by molar-refractivity contribution is 6.21. The molecule has 7 heteroatoms. The molecule has 1 aromatic rings. The standard InChI is InChI=1S/C20H25N3O4/c1-27-16-8-6-15(7-9-16)23-19(25)17-12-14(10-11-22(17)20(23)26)21-18(24)13-4-2-3-5-13/h6-9,13-14,17H,2-5,10-12H2,1H3,(H,21,24)/t14-,17-/m0/s1. The smallest absolute Gasteiger partial charge is 0.332 e. The van der Waals surface area contributed by atoms with Gasteiger partial charge in [-0.2, -0.15) is 0 Å². The van der Waals surface area contributed by atoms with Crippen LogP contribution in [0.25, 0.3) is 0 Å². The number of imide groups is 1. The van der Waals surface area contributed by atoms with Crippen molar-refractivity contribution in [2.45, 2.75) is 50.6 Å². The van der Waals surface area contributed by atoms with E-state index in [1.54, 1.807) is 36.3 Å². The number of fused-ring (bicyclic) bond motifs is 1. The number of urea groups is 1. The molecule has 7 nitrogen and oxygen atoms in total. The fourth-order valence-corrected chi connectivity index (χ4v) is 4.41. The molecule has 2 saturated heterocycles. The average Bonchev–Trinajstić information content (AvgIpc) is 3.30. The predicted octanol–water partition coefficient (Wildman–Crippen LogP) is 2.30. The van der Waals surface area contributed by atoms with Gasteiger partial charge in [-0.3, -0.25) is 9.59 Å². The van der Waals surface area contributed by atoms with Crippen LogP contribution < -0.4 is 15.0 Å². The zero-order valence-corrected chi connectivity index (χ0v) is 15.5. The lowest BCUT2D eigenvalue weighted by molar-refractivity contribution is -0.127. The van der Waals surface area contributed by atoms with Crippen LogP contribution in [0.5, 0.6) is 5.75 Å². The second-order valence-corrected chi connectivity index (χ2v) is 7.57. The highest BCUT2D eigenvalue weighted by atomic mass is 16.5. The Hall–Kier alpha value is -2.57. The van der Waals surface area contributed by atoms with Crippen LogP contribution in [0.3, 0.4) is 0 Å². The van der Waals surface area contributed by atoms with E-state index < -0.39 is 6.04 Å². The summed E-state index contributed by atoms with van der Waals surface area (Å²) >= 11 is 0. The van der Waals surface area contributed by atoms with Crippen molar-refractivity contribution in [1.29, 1.82) is 0 Å². The van der Waals surface area contributed by atoms with Crippen LogP contribution in [-0.2, 0) is 9.59 Å². The summed E-state index contributed by atoms with van der Waals surface area (Å²) in [6, 6.07) is 6.07. The van der Waals surface area contributed by atoms with Gasteiger partial charge in [-0.15, -0.1) is 0 Å². The van der Waals surface area contributed by atoms with Gasteiger partial charge < -0.3 is 15.0 Å². The monoisotopic (exact) mass is 371 g/mol. The van der Waals surface area contributed by atoms with Gasteiger partial charge in [-0.1, -0.05) is 12.8 Å². The molecule has 27 heavy (non-hydrogen) atoms. The number of hydrogen-bond donors (Lipinski definition) is 1. The van der Waals surface area contributed by atoms with Crippen LogP contribution >= 0.6 is 0 Å². The normalized spacial score (nSPS) is 25.7. The third-order valence-electron chi connectivity index (χ3n) is 5.95. The summed E-state index contributed by atoms with van der Waals surface area (Å²) in [6.45, 7) is 0.484. The van der Waals surface area contributed by atoms with Crippen molar-refractivity contribution in [3.8, 4) is 5.75 Å². The number of amides is 4. The lowest BCUT2D eigenvalue weighted by Crippen LogP contribution is -2.50.